The molecule has 12 heavy (non-hydrogen) atoms. The van der Waals surface area contributed by atoms with Crippen molar-refractivity contribution in [3.05, 3.63) is 0 Å². The summed E-state index contributed by atoms with van der Waals surface area (Å²) < 4.78 is 10.6. The first kappa shape index (κ1) is 9.96. The molecule has 1 heterocycles. The molecular weight excluding hydrogens is 156 g/mol. The van der Waals surface area contributed by atoms with Crippen molar-refractivity contribution in [1.82, 2.24) is 0 Å². The van der Waals surface area contributed by atoms with Crippen molar-refractivity contribution in [3.8, 4) is 0 Å². The topological polar surface area (TPSA) is 38.7 Å². The third kappa shape index (κ3) is 1.79. The molecular formula is C9H18O3. The van der Waals surface area contributed by atoms with Gasteiger partial charge in [-0.1, -0.05) is 6.92 Å². The summed E-state index contributed by atoms with van der Waals surface area (Å²) in [6.07, 6.45) is 2.00. The number of aliphatic hydroxyl groups excluding tert-OH is 1. The normalized spacial score (nSPS) is 25.2. The number of methoxy groups -OCH3 is 1. The van der Waals surface area contributed by atoms with Crippen molar-refractivity contribution < 1.29 is 14.6 Å². The largest absolute Gasteiger partial charge is 0.390 e. The van der Waals surface area contributed by atoms with E-state index in [0.29, 0.717) is 13.2 Å². The first-order valence-electron chi connectivity index (χ1n) is 4.56. The predicted octanol–water partition coefficient (Wildman–Crippen LogP) is 0.953. The summed E-state index contributed by atoms with van der Waals surface area (Å²) in [6.45, 7) is 3.37. The van der Waals surface area contributed by atoms with E-state index in [1.54, 1.807) is 7.11 Å². The van der Waals surface area contributed by atoms with Crippen molar-refractivity contribution in [2.24, 2.45) is 0 Å². The predicted molar refractivity (Wildman–Crippen MR) is 46.1 cm³/mol. The van der Waals surface area contributed by atoms with E-state index in [2.05, 4.69) is 0 Å². The zero-order valence-corrected chi connectivity index (χ0v) is 7.88. The Hall–Kier alpha value is -0.120. The van der Waals surface area contributed by atoms with Crippen LogP contribution < -0.4 is 0 Å². The Morgan fingerprint density at radius 2 is 2.08 bits per heavy atom. The number of ether oxygens (including phenoxy) is 2. The van der Waals surface area contributed by atoms with Gasteiger partial charge in [-0.15, -0.1) is 0 Å². The van der Waals surface area contributed by atoms with Gasteiger partial charge in [0.15, 0.2) is 0 Å². The van der Waals surface area contributed by atoms with Crippen LogP contribution in [-0.4, -0.2) is 37.1 Å². The van der Waals surface area contributed by atoms with Gasteiger partial charge in [0.05, 0.1) is 11.7 Å². The van der Waals surface area contributed by atoms with E-state index in [-0.39, 0.29) is 11.7 Å². The summed E-state index contributed by atoms with van der Waals surface area (Å²) in [5, 5.41) is 9.75. The van der Waals surface area contributed by atoms with Crippen LogP contribution in [0.3, 0.4) is 0 Å². The SMILES string of the molecule is CCC(O)C1(OC)CCOCC1. The highest BCUT2D eigenvalue weighted by Crippen LogP contribution is 2.29. The molecule has 1 aliphatic heterocycles. The molecule has 1 unspecified atom stereocenters. The fraction of sp³-hybridized carbons (Fsp3) is 1.00. The number of hydrogen-bond donors (Lipinski definition) is 1. The average Bonchev–Trinajstić information content (AvgIpc) is 2.17. The molecule has 0 saturated carbocycles. The first-order chi connectivity index (χ1) is 5.75. The molecule has 1 rings (SSSR count). The van der Waals surface area contributed by atoms with Crippen molar-refractivity contribution in [2.75, 3.05) is 20.3 Å². The lowest BCUT2D eigenvalue weighted by Gasteiger charge is -2.39. The van der Waals surface area contributed by atoms with Crippen LogP contribution in [0.15, 0.2) is 0 Å². The van der Waals surface area contributed by atoms with E-state index < -0.39 is 0 Å². The third-order valence-corrected chi connectivity index (χ3v) is 2.74. The van der Waals surface area contributed by atoms with E-state index in [9.17, 15) is 5.11 Å². The van der Waals surface area contributed by atoms with Gasteiger partial charge in [-0.25, -0.2) is 0 Å². The summed E-state index contributed by atoms with van der Waals surface area (Å²) in [6, 6.07) is 0. The van der Waals surface area contributed by atoms with Gasteiger partial charge in [0, 0.05) is 33.2 Å². The van der Waals surface area contributed by atoms with Crippen molar-refractivity contribution >= 4 is 0 Å². The van der Waals surface area contributed by atoms with Crippen LogP contribution in [0.1, 0.15) is 26.2 Å². The number of aliphatic hydroxyl groups is 1. The fourth-order valence-electron chi connectivity index (χ4n) is 1.76. The minimum absolute atomic E-state index is 0.340. The molecule has 0 bridgehead atoms. The molecule has 3 nitrogen and oxygen atoms in total. The number of hydrogen-bond acceptors (Lipinski definition) is 3. The van der Waals surface area contributed by atoms with Gasteiger partial charge in [-0.2, -0.15) is 0 Å². The lowest BCUT2D eigenvalue weighted by molar-refractivity contribution is -0.152. The quantitative estimate of drug-likeness (QED) is 0.692. The van der Waals surface area contributed by atoms with E-state index in [1.807, 2.05) is 6.92 Å². The molecule has 0 aromatic carbocycles. The Bertz CT molecular complexity index is 130. The summed E-state index contributed by atoms with van der Waals surface area (Å²) in [5.41, 5.74) is -0.340. The second kappa shape index (κ2) is 4.21. The highest BCUT2D eigenvalue weighted by atomic mass is 16.5. The van der Waals surface area contributed by atoms with Gasteiger partial charge < -0.3 is 14.6 Å². The maximum Gasteiger partial charge on any atom is 0.0979 e. The molecule has 1 aliphatic rings. The van der Waals surface area contributed by atoms with Crippen LogP contribution in [-0.2, 0) is 9.47 Å². The van der Waals surface area contributed by atoms with Gasteiger partial charge in [0.25, 0.3) is 0 Å². The molecule has 0 spiro atoms. The molecule has 1 atom stereocenters. The average molecular weight is 174 g/mol. The lowest BCUT2D eigenvalue weighted by atomic mass is 9.86. The molecule has 1 N–H and O–H groups in total. The van der Waals surface area contributed by atoms with Crippen molar-refractivity contribution in [1.29, 1.82) is 0 Å². The Morgan fingerprint density at radius 1 is 1.50 bits per heavy atom. The van der Waals surface area contributed by atoms with Crippen LogP contribution in [0.4, 0.5) is 0 Å². The summed E-state index contributed by atoms with van der Waals surface area (Å²) in [4.78, 5) is 0. The Labute approximate surface area is 73.7 Å². The molecule has 0 aromatic rings. The van der Waals surface area contributed by atoms with Gasteiger partial charge in [-0.3, -0.25) is 0 Å². The second-order valence-corrected chi connectivity index (χ2v) is 3.31. The summed E-state index contributed by atoms with van der Waals surface area (Å²) >= 11 is 0. The van der Waals surface area contributed by atoms with Gasteiger partial charge in [0.2, 0.25) is 0 Å². The molecule has 0 aromatic heterocycles. The Kier molecular flexibility index (Phi) is 3.50. The molecule has 3 heteroatoms. The van der Waals surface area contributed by atoms with Crippen molar-refractivity contribution in [3.63, 3.8) is 0 Å². The molecule has 1 saturated heterocycles. The van der Waals surface area contributed by atoms with E-state index in [0.717, 1.165) is 19.3 Å². The summed E-state index contributed by atoms with van der Waals surface area (Å²) in [7, 11) is 1.67. The Balaban J connectivity index is 2.59. The van der Waals surface area contributed by atoms with E-state index in [1.165, 1.54) is 0 Å². The standard InChI is InChI=1S/C9H18O3/c1-3-8(10)9(11-2)4-6-12-7-5-9/h8,10H,3-7H2,1-2H3. The molecule has 1 fully saturated rings. The van der Waals surface area contributed by atoms with Gasteiger partial charge >= 0.3 is 0 Å². The van der Waals surface area contributed by atoms with E-state index in [4.69, 9.17) is 9.47 Å². The van der Waals surface area contributed by atoms with Crippen molar-refractivity contribution in [2.45, 2.75) is 37.9 Å². The zero-order valence-electron chi connectivity index (χ0n) is 7.88. The number of rotatable bonds is 3. The summed E-state index contributed by atoms with van der Waals surface area (Å²) in [5.74, 6) is 0. The lowest BCUT2D eigenvalue weighted by Crippen LogP contribution is -2.48. The highest BCUT2D eigenvalue weighted by molar-refractivity contribution is 4.89. The van der Waals surface area contributed by atoms with Gasteiger partial charge in [0.1, 0.15) is 0 Å². The van der Waals surface area contributed by atoms with Gasteiger partial charge in [-0.05, 0) is 6.42 Å². The van der Waals surface area contributed by atoms with Crippen LogP contribution in [0.2, 0.25) is 0 Å². The third-order valence-electron chi connectivity index (χ3n) is 2.74. The second-order valence-electron chi connectivity index (χ2n) is 3.31. The highest BCUT2D eigenvalue weighted by Gasteiger charge is 2.38. The molecule has 72 valence electrons. The van der Waals surface area contributed by atoms with Crippen LogP contribution in [0, 0.1) is 0 Å². The monoisotopic (exact) mass is 174 g/mol. The zero-order chi connectivity index (χ0) is 9.03. The Morgan fingerprint density at radius 3 is 2.50 bits per heavy atom. The maximum atomic E-state index is 9.75. The maximum absolute atomic E-state index is 9.75. The van der Waals surface area contributed by atoms with Crippen LogP contribution in [0.5, 0.6) is 0 Å². The molecule has 0 radical (unpaired) electrons. The minimum atomic E-state index is -0.355. The van der Waals surface area contributed by atoms with Crippen LogP contribution in [0.25, 0.3) is 0 Å². The molecule has 0 amide bonds. The van der Waals surface area contributed by atoms with Crippen LogP contribution >= 0.6 is 0 Å². The smallest absolute Gasteiger partial charge is 0.0979 e. The minimum Gasteiger partial charge on any atom is -0.390 e. The van der Waals surface area contributed by atoms with E-state index >= 15 is 0 Å². The molecule has 0 aliphatic carbocycles. The first-order valence-corrected chi connectivity index (χ1v) is 4.56. The fourth-order valence-corrected chi connectivity index (χ4v) is 1.76.